The van der Waals surface area contributed by atoms with Crippen LogP contribution in [-0.4, -0.2) is 108 Å². The minimum Gasteiger partial charge on any atom is -0.508 e. The normalized spacial score (nSPS) is 14.3. The summed E-state index contributed by atoms with van der Waals surface area (Å²) in [6.45, 7) is 6.66. The average molecular weight is 875 g/mol. The number of carbonyl (C=O) groups is 1. The minimum absolute atomic E-state index is 0.00664. The van der Waals surface area contributed by atoms with E-state index in [1.54, 1.807) is 48.5 Å². The van der Waals surface area contributed by atoms with Crippen LogP contribution in [-0.2, 0) is 36.9 Å². The molecule has 0 spiro atoms. The van der Waals surface area contributed by atoms with Crippen LogP contribution in [0.25, 0.3) is 0 Å². The number of primary amides is 1. The number of hydrogen-bond donors (Lipinski definition) is 12. The maximum absolute atomic E-state index is 11.4. The van der Waals surface area contributed by atoms with Crippen molar-refractivity contribution in [3.8, 4) is 23.0 Å². The van der Waals surface area contributed by atoms with E-state index < -0.39 is 0 Å². The lowest BCUT2D eigenvalue weighted by atomic mass is 10.0. The minimum atomic E-state index is -0.350. The summed E-state index contributed by atoms with van der Waals surface area (Å²) in [6, 6.07) is 40.0. The van der Waals surface area contributed by atoms with Crippen LogP contribution in [0.15, 0.2) is 127 Å². The third kappa shape index (κ3) is 19.5. The number of amides is 1. The lowest BCUT2D eigenvalue weighted by Crippen LogP contribution is -2.53. The molecule has 0 aliphatic heterocycles. The van der Waals surface area contributed by atoms with Crippen molar-refractivity contribution in [1.82, 2.24) is 31.9 Å². The van der Waals surface area contributed by atoms with E-state index in [0.717, 1.165) is 41.6 Å². The Morgan fingerprint density at radius 1 is 0.453 bits per heavy atom. The summed E-state index contributed by atoms with van der Waals surface area (Å²) in [5.74, 6) is 0.566. The molecule has 0 unspecified atom stereocenters. The SMILES string of the molecule is C[C@@H](CN[C@H](CN[C@H](CN[C@H](CN[C@H](CNCCC(N)=O)Cc1ccc(O)cc1)Cc1ccc(O)cc1)Cc1ccc(O)cc1)Cc1ccccc1)NC[C@@H](N)Cc1ccc(O)cc1. The smallest absolute Gasteiger partial charge is 0.218 e. The number of hydrogen-bond acceptors (Lipinski definition) is 12. The standard InChI is InChI=1S/C51H70N8O5/c1-36(55-31-42(52)25-38-7-15-47(60)16-8-38)30-56-44(26-37-5-3-2-4-6-37)33-58-46(29-41-13-21-50(63)22-14-41)35-59-45(28-40-11-19-49(62)20-12-40)34-57-43(32-54-24-23-51(53)64)27-39-9-17-48(61)18-10-39/h2-22,36,42-46,54-63H,23-35,52H2,1H3,(H2,53,64)/t36-,42-,43-,44-,45-,46-/m0/s1. The molecule has 5 aromatic rings. The van der Waals surface area contributed by atoms with Gasteiger partial charge in [0.1, 0.15) is 23.0 Å². The van der Waals surface area contributed by atoms with Gasteiger partial charge in [-0.05, 0) is 115 Å². The highest BCUT2D eigenvalue weighted by Gasteiger charge is 2.20. The van der Waals surface area contributed by atoms with Crippen LogP contribution >= 0.6 is 0 Å². The molecule has 0 saturated carbocycles. The summed E-state index contributed by atoms with van der Waals surface area (Å²) in [6.07, 6.45) is 3.95. The first-order valence-electron chi connectivity index (χ1n) is 22.5. The Morgan fingerprint density at radius 2 is 0.797 bits per heavy atom. The van der Waals surface area contributed by atoms with Crippen LogP contribution in [0.5, 0.6) is 23.0 Å². The van der Waals surface area contributed by atoms with E-state index in [1.807, 2.05) is 54.6 Å². The molecule has 344 valence electrons. The first kappa shape index (κ1) is 49.5. The number of phenolic OH excluding ortho intramolecular Hbond substituents is 4. The fourth-order valence-corrected chi connectivity index (χ4v) is 7.70. The summed E-state index contributed by atoms with van der Waals surface area (Å²) in [7, 11) is 0. The summed E-state index contributed by atoms with van der Waals surface area (Å²) in [5, 5.41) is 62.1. The van der Waals surface area contributed by atoms with Crippen molar-refractivity contribution in [2.45, 2.75) is 81.7 Å². The number of rotatable bonds is 30. The predicted molar refractivity (Wildman–Crippen MR) is 257 cm³/mol. The van der Waals surface area contributed by atoms with E-state index in [4.69, 9.17) is 11.5 Å². The zero-order valence-electron chi connectivity index (χ0n) is 37.1. The van der Waals surface area contributed by atoms with Gasteiger partial charge in [-0.3, -0.25) is 4.79 Å². The molecule has 0 aliphatic carbocycles. The third-order valence-electron chi connectivity index (χ3n) is 11.4. The molecule has 13 heteroatoms. The lowest BCUT2D eigenvalue weighted by molar-refractivity contribution is -0.117. The second-order valence-electron chi connectivity index (χ2n) is 17.1. The molecule has 64 heavy (non-hydrogen) atoms. The second kappa shape index (κ2) is 27.0. The van der Waals surface area contributed by atoms with Gasteiger partial charge < -0.3 is 63.8 Å². The molecule has 5 rings (SSSR count). The Labute approximate surface area is 379 Å². The van der Waals surface area contributed by atoms with Crippen LogP contribution in [0.2, 0.25) is 0 Å². The summed E-state index contributed by atoms with van der Waals surface area (Å²) in [4.78, 5) is 11.4. The van der Waals surface area contributed by atoms with Gasteiger partial charge in [0.25, 0.3) is 0 Å². The summed E-state index contributed by atoms with van der Waals surface area (Å²) < 4.78 is 0. The predicted octanol–water partition coefficient (Wildman–Crippen LogP) is 3.63. The Morgan fingerprint density at radius 3 is 1.19 bits per heavy atom. The molecule has 0 fully saturated rings. The highest BCUT2D eigenvalue weighted by atomic mass is 16.3. The van der Waals surface area contributed by atoms with Crippen LogP contribution in [0.3, 0.4) is 0 Å². The van der Waals surface area contributed by atoms with E-state index in [2.05, 4.69) is 63.1 Å². The van der Waals surface area contributed by atoms with Gasteiger partial charge >= 0.3 is 0 Å². The maximum atomic E-state index is 11.4. The second-order valence-corrected chi connectivity index (χ2v) is 17.1. The van der Waals surface area contributed by atoms with Crippen LogP contribution in [0.1, 0.15) is 41.2 Å². The van der Waals surface area contributed by atoms with E-state index in [9.17, 15) is 25.2 Å². The van der Waals surface area contributed by atoms with E-state index in [1.165, 1.54) is 5.56 Å². The quantitative estimate of drug-likeness (QED) is 0.0298. The molecule has 0 radical (unpaired) electrons. The number of nitrogens with two attached hydrogens (primary N) is 2. The molecule has 6 atom stereocenters. The highest BCUT2D eigenvalue weighted by Crippen LogP contribution is 2.16. The summed E-state index contributed by atoms with van der Waals surface area (Å²) in [5.41, 5.74) is 17.5. The van der Waals surface area contributed by atoms with Crippen molar-refractivity contribution in [3.05, 3.63) is 155 Å². The van der Waals surface area contributed by atoms with E-state index in [-0.39, 0.29) is 71.6 Å². The largest absolute Gasteiger partial charge is 0.508 e. The average Bonchev–Trinajstić information content (AvgIpc) is 3.29. The monoisotopic (exact) mass is 875 g/mol. The molecule has 0 aromatic heterocycles. The molecule has 13 nitrogen and oxygen atoms in total. The van der Waals surface area contributed by atoms with Gasteiger partial charge in [0.15, 0.2) is 0 Å². The van der Waals surface area contributed by atoms with E-state index >= 15 is 0 Å². The van der Waals surface area contributed by atoms with Crippen molar-refractivity contribution in [2.24, 2.45) is 11.5 Å². The van der Waals surface area contributed by atoms with Crippen molar-refractivity contribution in [2.75, 3.05) is 45.8 Å². The first-order chi connectivity index (χ1) is 30.9. The molecule has 0 heterocycles. The Balaban J connectivity index is 1.26. The number of carbonyl (C=O) groups excluding carboxylic acids is 1. The number of aromatic hydroxyl groups is 4. The molecular formula is C51H70N8O5. The van der Waals surface area contributed by atoms with Crippen molar-refractivity contribution >= 4 is 5.91 Å². The summed E-state index contributed by atoms with van der Waals surface area (Å²) >= 11 is 0. The Hall–Kier alpha value is -5.51. The lowest BCUT2D eigenvalue weighted by Gasteiger charge is -2.29. The zero-order chi connectivity index (χ0) is 45.5. The van der Waals surface area contributed by atoms with Gasteiger partial charge in [0, 0.05) is 88.5 Å². The Bertz CT molecular complexity index is 2040. The van der Waals surface area contributed by atoms with Crippen molar-refractivity contribution in [3.63, 3.8) is 0 Å². The number of phenols is 4. The van der Waals surface area contributed by atoms with Gasteiger partial charge in [0.05, 0.1) is 0 Å². The van der Waals surface area contributed by atoms with E-state index in [0.29, 0.717) is 58.5 Å². The molecule has 0 aliphatic rings. The highest BCUT2D eigenvalue weighted by molar-refractivity contribution is 5.73. The molecule has 0 bridgehead atoms. The number of nitrogens with one attached hydrogen (secondary N) is 6. The maximum Gasteiger partial charge on any atom is 0.218 e. The third-order valence-corrected chi connectivity index (χ3v) is 11.4. The fourth-order valence-electron chi connectivity index (χ4n) is 7.70. The van der Waals surface area contributed by atoms with Crippen LogP contribution in [0.4, 0.5) is 0 Å². The first-order valence-corrected chi connectivity index (χ1v) is 22.5. The molecular weight excluding hydrogens is 805 g/mol. The van der Waals surface area contributed by atoms with Crippen molar-refractivity contribution < 1.29 is 25.2 Å². The zero-order valence-corrected chi connectivity index (χ0v) is 37.1. The topological polar surface area (TPSA) is 222 Å². The van der Waals surface area contributed by atoms with Crippen LogP contribution in [0, 0.1) is 0 Å². The molecule has 0 saturated heterocycles. The van der Waals surface area contributed by atoms with Gasteiger partial charge in [-0.15, -0.1) is 0 Å². The van der Waals surface area contributed by atoms with Gasteiger partial charge in [-0.1, -0.05) is 78.9 Å². The van der Waals surface area contributed by atoms with Gasteiger partial charge in [-0.2, -0.15) is 0 Å². The molecule has 14 N–H and O–H groups in total. The fraction of sp³-hybridized carbons (Fsp3) is 0.392. The van der Waals surface area contributed by atoms with Gasteiger partial charge in [0.2, 0.25) is 5.91 Å². The number of benzene rings is 5. The van der Waals surface area contributed by atoms with Crippen LogP contribution < -0.4 is 43.4 Å². The Kier molecular flexibility index (Phi) is 20.9. The van der Waals surface area contributed by atoms with Crippen molar-refractivity contribution in [1.29, 1.82) is 0 Å². The van der Waals surface area contributed by atoms with Gasteiger partial charge in [-0.25, -0.2) is 0 Å². The molecule has 5 aromatic carbocycles. The molecule has 1 amide bonds.